The fraction of sp³-hybridized carbons (Fsp3) is 0.562. The minimum absolute atomic E-state index is 0.0892. The van der Waals surface area contributed by atoms with E-state index in [9.17, 15) is 4.79 Å². The first-order chi connectivity index (χ1) is 11.4. The van der Waals surface area contributed by atoms with Crippen molar-refractivity contribution in [2.45, 2.75) is 26.9 Å². The topological polar surface area (TPSA) is 59.2 Å². The summed E-state index contributed by atoms with van der Waals surface area (Å²) in [6, 6.07) is 0. The fourth-order valence-corrected chi connectivity index (χ4v) is 3.06. The minimum atomic E-state index is 0.0892. The van der Waals surface area contributed by atoms with Gasteiger partial charge in [-0.05, 0) is 13.8 Å². The molecule has 3 rings (SSSR count). The van der Waals surface area contributed by atoms with E-state index in [1.165, 1.54) is 11.3 Å². The van der Waals surface area contributed by atoms with Crippen molar-refractivity contribution >= 4 is 17.5 Å². The molecule has 0 aliphatic carbocycles. The molecule has 24 heavy (non-hydrogen) atoms. The molecule has 0 spiro atoms. The van der Waals surface area contributed by atoms with Crippen molar-refractivity contribution in [3.63, 3.8) is 0 Å². The van der Waals surface area contributed by atoms with Crippen LogP contribution in [0.5, 0.6) is 0 Å². The summed E-state index contributed by atoms with van der Waals surface area (Å²) in [6.45, 7) is 8.28. The van der Waals surface area contributed by atoms with E-state index in [0.717, 1.165) is 38.4 Å². The molecule has 0 bridgehead atoms. The third kappa shape index (κ3) is 3.62. The zero-order valence-electron chi connectivity index (χ0n) is 14.4. The van der Waals surface area contributed by atoms with Crippen LogP contribution in [-0.4, -0.2) is 61.4 Å². The number of aryl methyl sites for hydroxylation is 2. The van der Waals surface area contributed by atoms with E-state index in [-0.39, 0.29) is 12.5 Å². The molecule has 130 valence electrons. The maximum absolute atomic E-state index is 12.4. The predicted octanol–water partition coefficient (Wildman–Crippen LogP) is 1.23. The fourth-order valence-electron chi connectivity index (χ4n) is 2.91. The van der Waals surface area contributed by atoms with Crippen molar-refractivity contribution in [1.82, 2.24) is 29.4 Å². The number of nitrogens with zero attached hydrogens (tertiary/aromatic N) is 6. The third-order valence-corrected chi connectivity index (χ3v) is 5.01. The van der Waals surface area contributed by atoms with Gasteiger partial charge in [0.15, 0.2) is 0 Å². The molecule has 8 heteroatoms. The summed E-state index contributed by atoms with van der Waals surface area (Å²) < 4.78 is 3.51. The van der Waals surface area contributed by atoms with E-state index in [0.29, 0.717) is 5.02 Å². The molecule has 1 fully saturated rings. The molecule has 1 amide bonds. The molecule has 3 heterocycles. The van der Waals surface area contributed by atoms with Gasteiger partial charge in [-0.3, -0.25) is 19.1 Å². The number of halogens is 1. The number of carbonyl (C=O) groups excluding carboxylic acids is 1. The van der Waals surface area contributed by atoms with Crippen molar-refractivity contribution in [3.8, 4) is 0 Å². The molecule has 2 aromatic rings. The average Bonchev–Trinajstić information content (AvgIpc) is 3.04. The van der Waals surface area contributed by atoms with Crippen molar-refractivity contribution in [2.24, 2.45) is 7.05 Å². The summed E-state index contributed by atoms with van der Waals surface area (Å²) in [5.74, 6) is 0.0892. The molecule has 0 radical (unpaired) electrons. The zero-order valence-corrected chi connectivity index (χ0v) is 15.1. The van der Waals surface area contributed by atoms with Gasteiger partial charge in [0.1, 0.15) is 6.54 Å². The van der Waals surface area contributed by atoms with Gasteiger partial charge in [-0.25, -0.2) is 0 Å². The van der Waals surface area contributed by atoms with Crippen LogP contribution in [0.25, 0.3) is 0 Å². The molecule has 7 nitrogen and oxygen atoms in total. The Morgan fingerprint density at radius 1 is 1.25 bits per heavy atom. The van der Waals surface area contributed by atoms with Crippen molar-refractivity contribution in [1.29, 1.82) is 0 Å². The molecule has 0 atom stereocenters. The number of hydrogen-bond acceptors (Lipinski definition) is 4. The Hall–Kier alpha value is -1.86. The second-order valence-corrected chi connectivity index (χ2v) is 6.70. The molecule has 0 N–H and O–H groups in total. The van der Waals surface area contributed by atoms with Crippen LogP contribution in [0.4, 0.5) is 0 Å². The first kappa shape index (κ1) is 17.0. The molecule has 1 aliphatic rings. The lowest BCUT2D eigenvalue weighted by molar-refractivity contribution is -0.133. The summed E-state index contributed by atoms with van der Waals surface area (Å²) in [5, 5.41) is 9.13. The second kappa shape index (κ2) is 6.94. The Morgan fingerprint density at radius 3 is 2.50 bits per heavy atom. The number of carbonyl (C=O) groups is 1. The molecule has 2 aromatic heterocycles. The highest BCUT2D eigenvalue weighted by molar-refractivity contribution is 6.31. The van der Waals surface area contributed by atoms with Gasteiger partial charge in [0.05, 0.1) is 16.9 Å². The largest absolute Gasteiger partial charge is 0.339 e. The summed E-state index contributed by atoms with van der Waals surface area (Å²) >= 11 is 5.99. The van der Waals surface area contributed by atoms with Gasteiger partial charge in [-0.1, -0.05) is 11.6 Å². The van der Waals surface area contributed by atoms with Gasteiger partial charge in [0, 0.05) is 57.2 Å². The van der Waals surface area contributed by atoms with Crippen molar-refractivity contribution in [2.75, 3.05) is 26.2 Å². The maximum Gasteiger partial charge on any atom is 0.244 e. The SMILES string of the molecule is Cc1nn(CC(=O)N2CCN(Cc3cnn(C)c3C)CC2)cc1Cl. The minimum Gasteiger partial charge on any atom is -0.339 e. The molecular weight excluding hydrogens is 328 g/mol. The standard InChI is InChI=1S/C16H23ClN6O/c1-12-15(17)10-23(19-12)11-16(24)22-6-4-21(5-7-22)9-14-8-18-20(3)13(14)2/h8,10H,4-7,9,11H2,1-3H3. The smallest absolute Gasteiger partial charge is 0.244 e. The van der Waals surface area contributed by atoms with Crippen LogP contribution in [0, 0.1) is 13.8 Å². The highest BCUT2D eigenvalue weighted by atomic mass is 35.5. The number of rotatable bonds is 4. The normalized spacial score (nSPS) is 15.9. The maximum atomic E-state index is 12.4. The lowest BCUT2D eigenvalue weighted by Gasteiger charge is -2.34. The van der Waals surface area contributed by atoms with E-state index in [1.807, 2.05) is 29.7 Å². The van der Waals surface area contributed by atoms with Gasteiger partial charge in [0.25, 0.3) is 0 Å². The second-order valence-electron chi connectivity index (χ2n) is 6.30. The Labute approximate surface area is 146 Å². The van der Waals surface area contributed by atoms with Crippen LogP contribution >= 0.6 is 11.6 Å². The van der Waals surface area contributed by atoms with E-state index in [4.69, 9.17) is 11.6 Å². The van der Waals surface area contributed by atoms with E-state index >= 15 is 0 Å². The molecule has 1 saturated heterocycles. The van der Waals surface area contributed by atoms with Crippen LogP contribution in [0.1, 0.15) is 17.0 Å². The number of piperazine rings is 1. The van der Waals surface area contributed by atoms with E-state index in [2.05, 4.69) is 22.0 Å². The lowest BCUT2D eigenvalue weighted by Crippen LogP contribution is -2.49. The quantitative estimate of drug-likeness (QED) is 0.832. The molecule has 1 aliphatic heterocycles. The number of amides is 1. The number of hydrogen-bond donors (Lipinski definition) is 0. The van der Waals surface area contributed by atoms with E-state index in [1.54, 1.807) is 10.9 Å². The molecule has 0 unspecified atom stereocenters. The zero-order chi connectivity index (χ0) is 17.3. The van der Waals surface area contributed by atoms with Gasteiger partial charge in [-0.2, -0.15) is 10.2 Å². The summed E-state index contributed by atoms with van der Waals surface area (Å²) in [4.78, 5) is 16.7. The van der Waals surface area contributed by atoms with Gasteiger partial charge >= 0.3 is 0 Å². The predicted molar refractivity (Wildman–Crippen MR) is 91.8 cm³/mol. The van der Waals surface area contributed by atoms with Crippen molar-refractivity contribution < 1.29 is 4.79 Å². The monoisotopic (exact) mass is 350 g/mol. The van der Waals surface area contributed by atoms with Crippen LogP contribution < -0.4 is 0 Å². The van der Waals surface area contributed by atoms with Crippen LogP contribution in [0.15, 0.2) is 12.4 Å². The summed E-state index contributed by atoms with van der Waals surface area (Å²) in [6.07, 6.45) is 3.63. The Bertz CT molecular complexity index is 710. The Kier molecular flexibility index (Phi) is 4.91. The van der Waals surface area contributed by atoms with Gasteiger partial charge in [-0.15, -0.1) is 0 Å². The Balaban J connectivity index is 1.51. The lowest BCUT2D eigenvalue weighted by atomic mass is 10.2. The highest BCUT2D eigenvalue weighted by Gasteiger charge is 2.22. The first-order valence-corrected chi connectivity index (χ1v) is 8.49. The molecule has 0 saturated carbocycles. The molecule has 0 aromatic carbocycles. The number of aromatic nitrogens is 4. The van der Waals surface area contributed by atoms with Crippen molar-refractivity contribution in [3.05, 3.63) is 34.4 Å². The summed E-state index contributed by atoms with van der Waals surface area (Å²) in [5.41, 5.74) is 3.19. The summed E-state index contributed by atoms with van der Waals surface area (Å²) in [7, 11) is 1.96. The van der Waals surface area contributed by atoms with Gasteiger partial charge < -0.3 is 4.90 Å². The van der Waals surface area contributed by atoms with Crippen LogP contribution in [-0.2, 0) is 24.9 Å². The van der Waals surface area contributed by atoms with Crippen LogP contribution in [0.3, 0.4) is 0 Å². The highest BCUT2D eigenvalue weighted by Crippen LogP contribution is 2.14. The first-order valence-electron chi connectivity index (χ1n) is 8.11. The average molecular weight is 351 g/mol. The van der Waals surface area contributed by atoms with Gasteiger partial charge in [0.2, 0.25) is 5.91 Å². The van der Waals surface area contributed by atoms with Crippen LogP contribution in [0.2, 0.25) is 5.02 Å². The third-order valence-electron chi connectivity index (χ3n) is 4.64. The van der Waals surface area contributed by atoms with E-state index < -0.39 is 0 Å². The molecular formula is C16H23ClN6O. The Morgan fingerprint density at radius 2 is 1.96 bits per heavy atom.